The monoisotopic (exact) mass is 706 g/mol. The van der Waals surface area contributed by atoms with Crippen molar-refractivity contribution in [3.8, 4) is 28.4 Å². The Bertz CT molecular complexity index is 2520. The molecule has 7 aromatic rings. The molecule has 0 saturated carbocycles. The molecule has 8 rings (SSSR count). The van der Waals surface area contributed by atoms with Crippen LogP contribution in [0.1, 0.15) is 100 Å². The van der Waals surface area contributed by atoms with Crippen LogP contribution in [0.15, 0.2) is 146 Å². The lowest BCUT2D eigenvalue weighted by molar-refractivity contribution is 0.482. The molecule has 0 radical (unpaired) electrons. The van der Waals surface area contributed by atoms with Crippen molar-refractivity contribution in [3.63, 3.8) is 0 Å². The molecule has 1 aliphatic carbocycles. The van der Waals surface area contributed by atoms with Crippen LogP contribution < -0.4 is 4.74 Å². The lowest BCUT2D eigenvalue weighted by atomic mass is 9.81. The summed E-state index contributed by atoms with van der Waals surface area (Å²) in [6, 6.07) is 44.0. The molecule has 2 heterocycles. The molecule has 0 N–H and O–H groups in total. The van der Waals surface area contributed by atoms with E-state index >= 15 is 0 Å². The fourth-order valence-electron chi connectivity index (χ4n) is 8.10. The highest BCUT2D eigenvalue weighted by Gasteiger charge is 2.22. The summed E-state index contributed by atoms with van der Waals surface area (Å²) >= 11 is 0. The number of rotatable bonds is 8. The number of hydrogen-bond donors (Lipinski definition) is 0. The first-order valence-corrected chi connectivity index (χ1v) is 19.4. The van der Waals surface area contributed by atoms with Gasteiger partial charge in [-0.3, -0.25) is 4.57 Å². The SMILES string of the molecule is CC(C)c1cccc(C(C)C)c1-c1cc(Oc2ccc3c4ccccc4n(-c4cc(C(C)(C)C)ccn4)c3c2)cc(C2C=CC=C(c3ccccc3)C2)c1. The number of hydrogen-bond acceptors (Lipinski definition) is 2. The van der Waals surface area contributed by atoms with Gasteiger partial charge in [0.25, 0.3) is 0 Å². The number of aromatic nitrogens is 2. The van der Waals surface area contributed by atoms with Gasteiger partial charge in [-0.25, -0.2) is 4.98 Å². The van der Waals surface area contributed by atoms with Crippen LogP contribution in [0.2, 0.25) is 0 Å². The number of para-hydroxylation sites is 1. The quantitative estimate of drug-likeness (QED) is 0.157. The van der Waals surface area contributed by atoms with E-state index < -0.39 is 0 Å². The van der Waals surface area contributed by atoms with Gasteiger partial charge in [0.2, 0.25) is 0 Å². The van der Waals surface area contributed by atoms with Crippen molar-refractivity contribution in [1.82, 2.24) is 9.55 Å². The van der Waals surface area contributed by atoms with E-state index in [2.05, 4.69) is 193 Å². The lowest BCUT2D eigenvalue weighted by Crippen LogP contribution is -2.12. The minimum Gasteiger partial charge on any atom is -0.457 e. The molecule has 0 bridgehead atoms. The molecule has 5 aromatic carbocycles. The zero-order valence-electron chi connectivity index (χ0n) is 32.6. The Morgan fingerprint density at radius 1 is 0.667 bits per heavy atom. The van der Waals surface area contributed by atoms with E-state index in [1.807, 2.05) is 6.20 Å². The Morgan fingerprint density at radius 2 is 1.39 bits per heavy atom. The van der Waals surface area contributed by atoms with Crippen LogP contribution in [0, 0.1) is 0 Å². The number of nitrogens with zero attached hydrogens (tertiary/aromatic N) is 2. The third-order valence-electron chi connectivity index (χ3n) is 11.0. The fourth-order valence-corrected chi connectivity index (χ4v) is 8.10. The van der Waals surface area contributed by atoms with Crippen LogP contribution in [0.5, 0.6) is 11.5 Å². The van der Waals surface area contributed by atoms with Crippen LogP contribution in [0.4, 0.5) is 0 Å². The number of pyridine rings is 1. The van der Waals surface area contributed by atoms with Crippen molar-refractivity contribution in [3.05, 3.63) is 174 Å². The minimum atomic E-state index is 0.00222. The molecule has 0 aliphatic heterocycles. The van der Waals surface area contributed by atoms with E-state index in [0.717, 1.165) is 34.8 Å². The smallest absolute Gasteiger partial charge is 0.137 e. The largest absolute Gasteiger partial charge is 0.457 e. The predicted octanol–water partition coefficient (Wildman–Crippen LogP) is 14.3. The molecule has 54 heavy (non-hydrogen) atoms. The summed E-state index contributed by atoms with van der Waals surface area (Å²) in [6.07, 6.45) is 9.69. The van der Waals surface area contributed by atoms with Gasteiger partial charge in [0.15, 0.2) is 0 Å². The molecule has 0 fully saturated rings. The van der Waals surface area contributed by atoms with Crippen molar-refractivity contribution in [2.24, 2.45) is 0 Å². The first kappa shape index (κ1) is 35.4. The Labute approximate surface area is 320 Å². The molecular formula is C51H50N2O. The first-order valence-electron chi connectivity index (χ1n) is 19.4. The Balaban J connectivity index is 1.27. The van der Waals surface area contributed by atoms with Crippen LogP contribution in [-0.2, 0) is 5.41 Å². The van der Waals surface area contributed by atoms with Gasteiger partial charge < -0.3 is 4.74 Å². The van der Waals surface area contributed by atoms with Gasteiger partial charge in [-0.2, -0.15) is 0 Å². The number of allylic oxidation sites excluding steroid dienone is 4. The maximum absolute atomic E-state index is 6.98. The van der Waals surface area contributed by atoms with Crippen molar-refractivity contribution >= 4 is 27.4 Å². The molecule has 0 spiro atoms. The van der Waals surface area contributed by atoms with E-state index in [1.54, 1.807) is 0 Å². The van der Waals surface area contributed by atoms with Crippen LogP contribution in [-0.4, -0.2) is 9.55 Å². The Morgan fingerprint density at radius 3 is 2.13 bits per heavy atom. The zero-order chi connectivity index (χ0) is 37.6. The van der Waals surface area contributed by atoms with E-state index in [0.29, 0.717) is 11.8 Å². The summed E-state index contributed by atoms with van der Waals surface area (Å²) in [4.78, 5) is 4.90. The Hall–Kier alpha value is -5.67. The zero-order valence-corrected chi connectivity index (χ0v) is 32.6. The van der Waals surface area contributed by atoms with Gasteiger partial charge in [-0.05, 0) is 111 Å². The van der Waals surface area contributed by atoms with Gasteiger partial charge >= 0.3 is 0 Å². The van der Waals surface area contributed by atoms with Crippen molar-refractivity contribution in [2.45, 2.75) is 78.1 Å². The summed E-state index contributed by atoms with van der Waals surface area (Å²) in [7, 11) is 0. The van der Waals surface area contributed by atoms with Crippen molar-refractivity contribution in [2.75, 3.05) is 0 Å². The highest BCUT2D eigenvalue weighted by atomic mass is 16.5. The first-order chi connectivity index (χ1) is 26.0. The number of benzene rings is 5. The molecule has 0 saturated heterocycles. The third-order valence-corrected chi connectivity index (χ3v) is 11.0. The molecule has 1 aliphatic rings. The maximum Gasteiger partial charge on any atom is 0.137 e. The topological polar surface area (TPSA) is 27.1 Å². The van der Waals surface area contributed by atoms with E-state index in [9.17, 15) is 0 Å². The van der Waals surface area contributed by atoms with Crippen LogP contribution >= 0.6 is 0 Å². The molecule has 2 aromatic heterocycles. The molecule has 270 valence electrons. The number of fused-ring (bicyclic) bond motifs is 3. The highest BCUT2D eigenvalue weighted by Crippen LogP contribution is 2.43. The predicted molar refractivity (Wildman–Crippen MR) is 228 cm³/mol. The summed E-state index contributed by atoms with van der Waals surface area (Å²) in [6.45, 7) is 15.9. The normalized spacial score (nSPS) is 14.7. The standard InChI is InChI=1S/C51H50N2O/c1-33(2)43-20-14-21-44(34(3)4)50(43)39-28-38(37-18-13-17-36(27-37)35-15-9-8-10-16-35)29-42(30-39)54-41-23-24-46-45-19-11-12-22-47(45)53(48(46)32-41)49-31-40(25-26-52-49)51(5,6)7/h8-26,28-34,37H,27H2,1-7H3. The molecule has 3 heteroatoms. The molecule has 1 atom stereocenters. The second kappa shape index (κ2) is 14.3. The van der Waals surface area contributed by atoms with Crippen LogP contribution in [0.25, 0.3) is 44.3 Å². The van der Waals surface area contributed by atoms with E-state index in [4.69, 9.17) is 9.72 Å². The fraction of sp³-hybridized carbons (Fsp3) is 0.235. The van der Waals surface area contributed by atoms with Crippen molar-refractivity contribution < 1.29 is 4.74 Å². The highest BCUT2D eigenvalue weighted by molar-refractivity contribution is 6.09. The van der Waals surface area contributed by atoms with Gasteiger partial charge in [0, 0.05) is 29.0 Å². The molecule has 0 amide bonds. The second-order valence-corrected chi connectivity index (χ2v) is 16.5. The molecule has 3 nitrogen and oxygen atoms in total. The average Bonchev–Trinajstić information content (AvgIpc) is 3.51. The summed E-state index contributed by atoms with van der Waals surface area (Å²) in [5.74, 6) is 3.52. The van der Waals surface area contributed by atoms with Crippen LogP contribution in [0.3, 0.4) is 0 Å². The third kappa shape index (κ3) is 6.80. The summed E-state index contributed by atoms with van der Waals surface area (Å²) in [5, 5.41) is 2.37. The maximum atomic E-state index is 6.98. The summed E-state index contributed by atoms with van der Waals surface area (Å²) < 4.78 is 9.27. The molecular weight excluding hydrogens is 657 g/mol. The van der Waals surface area contributed by atoms with Gasteiger partial charge in [0.1, 0.15) is 17.3 Å². The summed E-state index contributed by atoms with van der Waals surface area (Å²) in [5.41, 5.74) is 12.6. The molecule has 1 unspecified atom stereocenters. The number of ether oxygens (including phenoxy) is 1. The second-order valence-electron chi connectivity index (χ2n) is 16.5. The lowest BCUT2D eigenvalue weighted by Gasteiger charge is -2.24. The van der Waals surface area contributed by atoms with E-state index in [1.165, 1.54) is 55.3 Å². The average molecular weight is 707 g/mol. The van der Waals surface area contributed by atoms with E-state index in [-0.39, 0.29) is 11.3 Å². The van der Waals surface area contributed by atoms with Crippen molar-refractivity contribution in [1.29, 1.82) is 0 Å². The van der Waals surface area contributed by atoms with Gasteiger partial charge in [-0.15, -0.1) is 0 Å². The minimum absolute atomic E-state index is 0.00222. The van der Waals surface area contributed by atoms with Gasteiger partial charge in [0.05, 0.1) is 11.0 Å². The van der Waals surface area contributed by atoms with Gasteiger partial charge in [-0.1, -0.05) is 139 Å². The Kier molecular flexibility index (Phi) is 9.36.